The molecule has 2 aromatic heterocycles. The van der Waals surface area contributed by atoms with E-state index in [0.29, 0.717) is 21.9 Å². The zero-order valence-corrected chi connectivity index (χ0v) is 16.7. The smallest absolute Gasteiger partial charge is 0.291 e. The molecule has 0 saturated heterocycles. The minimum absolute atomic E-state index is 0.158. The Labute approximate surface area is 166 Å². The summed E-state index contributed by atoms with van der Waals surface area (Å²) in [6, 6.07) is 15.7. The van der Waals surface area contributed by atoms with Crippen molar-refractivity contribution in [2.24, 2.45) is 0 Å². The van der Waals surface area contributed by atoms with Gasteiger partial charge in [-0.15, -0.1) is 5.10 Å². The molecule has 0 fully saturated rings. The molecule has 0 aliphatic heterocycles. The van der Waals surface area contributed by atoms with Crippen LogP contribution in [-0.2, 0) is 0 Å². The van der Waals surface area contributed by atoms with Crippen LogP contribution in [-0.4, -0.2) is 21.2 Å². The lowest BCUT2D eigenvalue weighted by molar-refractivity contribution is 0.309. The Morgan fingerprint density at radius 1 is 1.18 bits per heavy atom. The second-order valence-electron chi connectivity index (χ2n) is 6.65. The number of hydrogen-bond acceptors (Lipinski definition) is 5. The first-order chi connectivity index (χ1) is 13.7. The van der Waals surface area contributed by atoms with Crippen molar-refractivity contribution in [2.75, 3.05) is 6.61 Å². The maximum atomic E-state index is 12.8. The van der Waals surface area contributed by atoms with Crippen LogP contribution < -0.4 is 14.8 Å². The molecule has 4 rings (SSSR count). The van der Waals surface area contributed by atoms with Crippen molar-refractivity contribution in [3.63, 3.8) is 0 Å². The van der Waals surface area contributed by atoms with Crippen molar-refractivity contribution >= 4 is 22.4 Å². The summed E-state index contributed by atoms with van der Waals surface area (Å²) in [5, 5.41) is 4.42. The van der Waals surface area contributed by atoms with Crippen molar-refractivity contribution in [3.05, 3.63) is 74.5 Å². The third-order valence-electron chi connectivity index (χ3n) is 4.42. The van der Waals surface area contributed by atoms with Crippen LogP contribution in [0.1, 0.15) is 30.9 Å². The van der Waals surface area contributed by atoms with E-state index >= 15 is 0 Å². The summed E-state index contributed by atoms with van der Waals surface area (Å²) in [5.74, 6) is 1.36. The van der Waals surface area contributed by atoms with Crippen LogP contribution in [0, 0.1) is 6.92 Å². The lowest BCUT2D eigenvalue weighted by atomic mass is 10.1. The maximum absolute atomic E-state index is 12.8. The van der Waals surface area contributed by atoms with Gasteiger partial charge in [-0.05, 0) is 31.6 Å². The zero-order chi connectivity index (χ0) is 19.5. The molecule has 0 amide bonds. The fraction of sp³-hybridized carbons (Fsp3) is 0.227. The van der Waals surface area contributed by atoms with E-state index in [2.05, 4.69) is 17.0 Å². The summed E-state index contributed by atoms with van der Waals surface area (Å²) >= 11 is 1.34. The fourth-order valence-electron chi connectivity index (χ4n) is 2.94. The third-order valence-corrected chi connectivity index (χ3v) is 5.38. The molecule has 0 bridgehead atoms. The van der Waals surface area contributed by atoms with Gasteiger partial charge in [0, 0.05) is 11.1 Å². The molecule has 0 aliphatic rings. The zero-order valence-electron chi connectivity index (χ0n) is 15.9. The number of aromatic nitrogens is 3. The molecule has 5 nitrogen and oxygen atoms in total. The summed E-state index contributed by atoms with van der Waals surface area (Å²) in [6.45, 7) is 4.82. The molecule has 0 spiro atoms. The Hall–Kier alpha value is -2.99. The predicted octanol–water partition coefficient (Wildman–Crippen LogP) is 3.85. The highest BCUT2D eigenvalue weighted by atomic mass is 32.1. The van der Waals surface area contributed by atoms with Crippen LogP contribution >= 0.6 is 11.3 Å². The molecule has 2 heterocycles. The molecule has 4 aromatic rings. The van der Waals surface area contributed by atoms with Gasteiger partial charge in [0.05, 0.1) is 11.1 Å². The first-order valence-electron chi connectivity index (χ1n) is 9.36. The van der Waals surface area contributed by atoms with Crippen molar-refractivity contribution in [1.82, 2.24) is 14.6 Å². The van der Waals surface area contributed by atoms with Gasteiger partial charge in [-0.2, -0.15) is 9.50 Å². The van der Waals surface area contributed by atoms with Gasteiger partial charge in [0.1, 0.15) is 5.75 Å². The topological polar surface area (TPSA) is 56.5 Å². The summed E-state index contributed by atoms with van der Waals surface area (Å²) in [6.07, 6.45) is 3.93. The van der Waals surface area contributed by atoms with Gasteiger partial charge in [-0.25, -0.2) is 0 Å². The molecule has 142 valence electrons. The van der Waals surface area contributed by atoms with E-state index in [0.717, 1.165) is 35.3 Å². The highest BCUT2D eigenvalue weighted by Gasteiger charge is 2.12. The fourth-order valence-corrected chi connectivity index (χ4v) is 3.84. The van der Waals surface area contributed by atoms with Gasteiger partial charge < -0.3 is 4.74 Å². The highest BCUT2D eigenvalue weighted by molar-refractivity contribution is 7.15. The quantitative estimate of drug-likeness (QED) is 0.469. The van der Waals surface area contributed by atoms with Crippen LogP contribution in [0.5, 0.6) is 5.75 Å². The van der Waals surface area contributed by atoms with Gasteiger partial charge in [-0.3, -0.25) is 4.79 Å². The lowest BCUT2D eigenvalue weighted by Crippen LogP contribution is -2.23. The van der Waals surface area contributed by atoms with E-state index in [1.54, 1.807) is 0 Å². The summed E-state index contributed by atoms with van der Waals surface area (Å²) in [5.41, 5.74) is 2.77. The Morgan fingerprint density at radius 2 is 2.04 bits per heavy atom. The van der Waals surface area contributed by atoms with Crippen molar-refractivity contribution in [3.8, 4) is 17.1 Å². The molecule has 0 N–H and O–H groups in total. The van der Waals surface area contributed by atoms with Gasteiger partial charge in [-0.1, -0.05) is 66.6 Å². The van der Waals surface area contributed by atoms with Crippen molar-refractivity contribution < 1.29 is 4.74 Å². The molecule has 0 saturated carbocycles. The number of unbranched alkanes of at least 4 members (excludes halogenated alkanes) is 1. The molecule has 0 aliphatic carbocycles. The van der Waals surface area contributed by atoms with E-state index < -0.39 is 0 Å². The third kappa shape index (κ3) is 3.68. The average molecular weight is 391 g/mol. The molecule has 6 heteroatoms. The predicted molar refractivity (Wildman–Crippen MR) is 113 cm³/mol. The number of ether oxygens (including phenoxy) is 1. The van der Waals surface area contributed by atoms with Crippen LogP contribution in [0.4, 0.5) is 0 Å². The number of rotatable bonds is 6. The number of benzene rings is 2. The van der Waals surface area contributed by atoms with E-state index in [-0.39, 0.29) is 5.56 Å². The van der Waals surface area contributed by atoms with Gasteiger partial charge >= 0.3 is 0 Å². The monoisotopic (exact) mass is 391 g/mol. The van der Waals surface area contributed by atoms with Crippen molar-refractivity contribution in [2.45, 2.75) is 26.7 Å². The van der Waals surface area contributed by atoms with E-state index in [9.17, 15) is 4.79 Å². The average Bonchev–Trinajstić information content (AvgIpc) is 3.23. The maximum Gasteiger partial charge on any atom is 0.291 e. The largest absolute Gasteiger partial charge is 0.493 e. The number of fused-ring (bicyclic) bond motifs is 1. The van der Waals surface area contributed by atoms with Gasteiger partial charge in [0.25, 0.3) is 5.56 Å². The number of para-hydroxylation sites is 1. The normalized spacial score (nSPS) is 12.0. The Bertz CT molecular complexity index is 1230. The Balaban J connectivity index is 1.72. The summed E-state index contributed by atoms with van der Waals surface area (Å²) in [7, 11) is 0. The second kappa shape index (κ2) is 7.94. The van der Waals surface area contributed by atoms with Gasteiger partial charge in [0.2, 0.25) is 4.96 Å². The molecule has 28 heavy (non-hydrogen) atoms. The minimum atomic E-state index is -0.158. The molecule has 2 aromatic carbocycles. The molecule has 0 atom stereocenters. The molecule has 0 unspecified atom stereocenters. The van der Waals surface area contributed by atoms with E-state index in [4.69, 9.17) is 4.74 Å². The van der Waals surface area contributed by atoms with E-state index in [1.807, 2.05) is 61.5 Å². The first kappa shape index (κ1) is 18.4. The van der Waals surface area contributed by atoms with Crippen LogP contribution in [0.3, 0.4) is 0 Å². The standard InChI is InChI=1S/C22H21N3O2S/c1-3-4-12-27-18-11-6-5-9-16(18)14-19-21(26)25-22(28-19)23-20(24-25)17-10-7-8-15(2)13-17/h5-11,13-14H,3-4,12H2,1-2H3/b19-14-. The van der Waals surface area contributed by atoms with Crippen molar-refractivity contribution in [1.29, 1.82) is 0 Å². The SMILES string of the molecule is CCCCOc1ccccc1/C=c1\sc2nc(-c3cccc(C)c3)nn2c1=O. The van der Waals surface area contributed by atoms with Gasteiger partial charge in [0.15, 0.2) is 5.82 Å². The number of hydrogen-bond donors (Lipinski definition) is 0. The molecular formula is C22H21N3O2S. The number of aryl methyl sites for hydroxylation is 1. The number of nitrogens with zero attached hydrogens (tertiary/aromatic N) is 3. The Morgan fingerprint density at radius 3 is 2.82 bits per heavy atom. The lowest BCUT2D eigenvalue weighted by Gasteiger charge is -2.07. The summed E-state index contributed by atoms with van der Waals surface area (Å²) in [4.78, 5) is 18.0. The Kier molecular flexibility index (Phi) is 5.21. The van der Waals surface area contributed by atoms with E-state index in [1.165, 1.54) is 15.9 Å². The molecule has 0 radical (unpaired) electrons. The first-order valence-corrected chi connectivity index (χ1v) is 10.2. The summed E-state index contributed by atoms with van der Waals surface area (Å²) < 4.78 is 7.85. The minimum Gasteiger partial charge on any atom is -0.493 e. The van der Waals surface area contributed by atoms with Crippen LogP contribution in [0.15, 0.2) is 53.3 Å². The second-order valence-corrected chi connectivity index (χ2v) is 7.66. The molecular weight excluding hydrogens is 370 g/mol. The van der Waals surface area contributed by atoms with Crippen LogP contribution in [0.2, 0.25) is 0 Å². The highest BCUT2D eigenvalue weighted by Crippen LogP contribution is 2.20. The van der Waals surface area contributed by atoms with Crippen LogP contribution in [0.25, 0.3) is 22.4 Å². The number of thiazole rings is 1.